The zero-order valence-corrected chi connectivity index (χ0v) is 17.1. The van der Waals surface area contributed by atoms with Crippen LogP contribution in [0.15, 0.2) is 52.6 Å². The van der Waals surface area contributed by atoms with E-state index in [0.29, 0.717) is 27.1 Å². The van der Waals surface area contributed by atoms with Gasteiger partial charge < -0.3 is 19.5 Å². The highest BCUT2D eigenvalue weighted by Gasteiger charge is 2.19. The molecule has 0 fully saturated rings. The van der Waals surface area contributed by atoms with Crippen LogP contribution in [0.5, 0.6) is 11.5 Å². The third kappa shape index (κ3) is 4.92. The fraction of sp³-hybridized carbons (Fsp3) is 0.238. The molecular weight excluding hydrogens is 426 g/mol. The summed E-state index contributed by atoms with van der Waals surface area (Å²) in [6.45, 7) is 4.29. The van der Waals surface area contributed by atoms with Crippen LogP contribution < -0.4 is 14.8 Å². The highest BCUT2D eigenvalue weighted by molar-refractivity contribution is 9.10. The minimum absolute atomic E-state index is 0.0419. The molecule has 2 aromatic rings. The van der Waals surface area contributed by atoms with E-state index in [1.807, 2.05) is 13.8 Å². The van der Waals surface area contributed by atoms with E-state index in [4.69, 9.17) is 14.2 Å². The van der Waals surface area contributed by atoms with Crippen LogP contribution >= 0.6 is 15.9 Å². The number of benzene rings is 2. The zero-order valence-electron chi connectivity index (χ0n) is 15.5. The van der Waals surface area contributed by atoms with Crippen molar-refractivity contribution in [3.05, 3.63) is 63.8 Å². The average Bonchev–Trinajstić information content (AvgIpc) is 3.13. The monoisotopic (exact) mass is 445 g/mol. The molecule has 1 amide bonds. The number of fused-ring (bicyclic) bond motifs is 1. The van der Waals surface area contributed by atoms with Gasteiger partial charge in [0.25, 0.3) is 5.91 Å². The van der Waals surface area contributed by atoms with Gasteiger partial charge >= 0.3 is 5.97 Å². The molecule has 3 rings (SSSR count). The van der Waals surface area contributed by atoms with E-state index in [0.717, 1.165) is 0 Å². The number of rotatable bonds is 6. The van der Waals surface area contributed by atoms with Crippen molar-refractivity contribution in [3.8, 4) is 11.5 Å². The number of amides is 1. The maximum atomic E-state index is 12.7. The molecule has 0 aliphatic carbocycles. The van der Waals surface area contributed by atoms with Gasteiger partial charge in [-0.05, 0) is 57.8 Å². The lowest BCUT2D eigenvalue weighted by molar-refractivity contribution is -0.140. The third-order valence-corrected chi connectivity index (χ3v) is 4.53. The summed E-state index contributed by atoms with van der Waals surface area (Å²) < 4.78 is 16.6. The number of hydrogen-bond donors (Lipinski definition) is 1. The third-order valence-electron chi connectivity index (χ3n) is 3.84. The quantitative estimate of drug-likeness (QED) is 0.533. The minimum Gasteiger partial charge on any atom is -0.461 e. The van der Waals surface area contributed by atoms with Gasteiger partial charge in [-0.2, -0.15) is 0 Å². The molecule has 1 aliphatic rings. The van der Waals surface area contributed by atoms with Crippen LogP contribution in [0.4, 0.5) is 0 Å². The molecule has 0 aromatic heterocycles. The van der Waals surface area contributed by atoms with Gasteiger partial charge in [-0.25, -0.2) is 4.79 Å². The van der Waals surface area contributed by atoms with E-state index in [9.17, 15) is 9.59 Å². The first-order valence-electron chi connectivity index (χ1n) is 8.78. The van der Waals surface area contributed by atoms with E-state index in [1.165, 1.54) is 0 Å². The number of hydrogen-bond acceptors (Lipinski definition) is 5. The van der Waals surface area contributed by atoms with Crippen LogP contribution in [-0.4, -0.2) is 25.3 Å². The summed E-state index contributed by atoms with van der Waals surface area (Å²) in [5.74, 6) is 0.376. The van der Waals surface area contributed by atoms with E-state index < -0.39 is 11.9 Å². The van der Waals surface area contributed by atoms with Crippen molar-refractivity contribution < 1.29 is 23.8 Å². The lowest BCUT2D eigenvalue weighted by Crippen LogP contribution is -2.29. The van der Waals surface area contributed by atoms with Gasteiger partial charge in [-0.15, -0.1) is 0 Å². The molecule has 1 heterocycles. The van der Waals surface area contributed by atoms with Crippen LogP contribution in [0.3, 0.4) is 0 Å². The minimum atomic E-state index is -0.605. The molecule has 1 N–H and O–H groups in total. The predicted molar refractivity (Wildman–Crippen MR) is 108 cm³/mol. The number of esters is 1. The van der Waals surface area contributed by atoms with E-state index in [1.54, 1.807) is 48.5 Å². The Kier molecular flexibility index (Phi) is 6.36. The Labute approximate surface area is 171 Å². The highest BCUT2D eigenvalue weighted by Crippen LogP contribution is 2.33. The lowest BCUT2D eigenvalue weighted by atomic mass is 10.1. The van der Waals surface area contributed by atoms with Gasteiger partial charge in [0.1, 0.15) is 5.70 Å². The Morgan fingerprint density at radius 3 is 2.68 bits per heavy atom. The van der Waals surface area contributed by atoms with Crippen LogP contribution in [0.25, 0.3) is 6.08 Å². The Hall–Kier alpha value is -2.80. The average molecular weight is 446 g/mol. The van der Waals surface area contributed by atoms with E-state index in [2.05, 4.69) is 21.2 Å². The van der Waals surface area contributed by atoms with Crippen molar-refractivity contribution in [3.63, 3.8) is 0 Å². The molecule has 7 heteroatoms. The number of nitrogens with one attached hydrogen (secondary N) is 1. The van der Waals surface area contributed by atoms with Gasteiger partial charge in [-0.3, -0.25) is 4.79 Å². The molecule has 6 nitrogen and oxygen atoms in total. The van der Waals surface area contributed by atoms with E-state index in [-0.39, 0.29) is 25.0 Å². The smallest absolute Gasteiger partial charge is 0.354 e. The van der Waals surface area contributed by atoms with Crippen molar-refractivity contribution in [2.45, 2.75) is 13.8 Å². The summed E-state index contributed by atoms with van der Waals surface area (Å²) in [7, 11) is 0. The summed E-state index contributed by atoms with van der Waals surface area (Å²) in [5, 5.41) is 2.66. The number of carbonyl (C=O) groups is 2. The maximum Gasteiger partial charge on any atom is 0.354 e. The second-order valence-corrected chi connectivity index (χ2v) is 7.45. The second-order valence-electron chi connectivity index (χ2n) is 6.60. The first kappa shape index (κ1) is 19.9. The largest absolute Gasteiger partial charge is 0.461 e. The van der Waals surface area contributed by atoms with Gasteiger partial charge in [0.05, 0.1) is 12.2 Å². The van der Waals surface area contributed by atoms with Crippen molar-refractivity contribution >= 4 is 33.9 Å². The molecule has 0 radical (unpaired) electrons. The highest BCUT2D eigenvalue weighted by atomic mass is 79.9. The van der Waals surface area contributed by atoms with Gasteiger partial charge in [0.2, 0.25) is 6.79 Å². The molecule has 0 saturated carbocycles. The van der Waals surface area contributed by atoms with Gasteiger partial charge in [0.15, 0.2) is 11.5 Å². The van der Waals surface area contributed by atoms with Gasteiger partial charge in [-0.1, -0.05) is 32.0 Å². The summed E-state index contributed by atoms with van der Waals surface area (Å²) >= 11 is 3.35. The Balaban J connectivity index is 1.87. The van der Waals surface area contributed by atoms with Crippen molar-refractivity contribution in [2.75, 3.05) is 13.4 Å². The normalized spacial score (nSPS) is 12.8. The Morgan fingerprint density at radius 1 is 1.18 bits per heavy atom. The van der Waals surface area contributed by atoms with Crippen LogP contribution in [0, 0.1) is 5.92 Å². The molecule has 2 aromatic carbocycles. The van der Waals surface area contributed by atoms with Crippen LogP contribution in [0.2, 0.25) is 0 Å². The van der Waals surface area contributed by atoms with Crippen molar-refractivity contribution in [2.24, 2.45) is 5.92 Å². The summed E-state index contributed by atoms with van der Waals surface area (Å²) in [6.07, 6.45) is 1.55. The molecule has 146 valence electrons. The summed E-state index contributed by atoms with van der Waals surface area (Å²) in [4.78, 5) is 25.2. The van der Waals surface area contributed by atoms with Crippen LogP contribution in [0.1, 0.15) is 29.8 Å². The van der Waals surface area contributed by atoms with Crippen molar-refractivity contribution in [1.82, 2.24) is 5.32 Å². The van der Waals surface area contributed by atoms with Crippen molar-refractivity contribution in [1.29, 1.82) is 0 Å². The molecule has 0 atom stereocenters. The Morgan fingerprint density at radius 2 is 1.93 bits per heavy atom. The summed E-state index contributed by atoms with van der Waals surface area (Å²) in [5.41, 5.74) is 1.13. The fourth-order valence-electron chi connectivity index (χ4n) is 2.47. The predicted octanol–water partition coefficient (Wildman–Crippen LogP) is 4.15. The SMILES string of the molecule is CC(C)COC(=O)/C(=C/c1ccc2c(c1)OCO2)NC(=O)c1ccccc1Br. The Bertz CT molecular complexity index is 923. The van der Waals surface area contributed by atoms with Crippen LogP contribution in [-0.2, 0) is 9.53 Å². The second kappa shape index (κ2) is 8.93. The standard InChI is InChI=1S/C21H20BrNO5/c1-13(2)11-26-21(25)17(23-20(24)15-5-3-4-6-16(15)22)9-14-7-8-18-19(10-14)28-12-27-18/h3-10,13H,11-12H2,1-2H3,(H,23,24)/b17-9-. The molecule has 0 unspecified atom stereocenters. The van der Waals surface area contributed by atoms with Gasteiger partial charge in [0, 0.05) is 4.47 Å². The number of halogens is 1. The number of carbonyl (C=O) groups excluding carboxylic acids is 2. The molecule has 28 heavy (non-hydrogen) atoms. The zero-order chi connectivity index (χ0) is 20.1. The first-order chi connectivity index (χ1) is 13.4. The summed E-state index contributed by atoms with van der Waals surface area (Å²) in [6, 6.07) is 12.2. The topological polar surface area (TPSA) is 73.9 Å². The molecule has 1 aliphatic heterocycles. The molecule has 0 saturated heterocycles. The maximum absolute atomic E-state index is 12.7. The fourth-order valence-corrected chi connectivity index (χ4v) is 2.94. The number of ether oxygens (including phenoxy) is 3. The lowest BCUT2D eigenvalue weighted by Gasteiger charge is -2.12. The molecule has 0 bridgehead atoms. The first-order valence-corrected chi connectivity index (χ1v) is 9.57. The molecule has 0 spiro atoms. The van der Waals surface area contributed by atoms with E-state index >= 15 is 0 Å². The molecular formula is C21H20BrNO5.